The normalized spacial score (nSPS) is 13.6. The third-order valence-electron chi connectivity index (χ3n) is 2.13. The molecule has 1 atom stereocenters. The van der Waals surface area contributed by atoms with Crippen molar-refractivity contribution in [1.82, 2.24) is 9.97 Å². The fraction of sp³-hybridized carbons (Fsp3) is 0.200. The maximum absolute atomic E-state index is 12.4. The fourth-order valence-corrected chi connectivity index (χ4v) is 2.56. The van der Waals surface area contributed by atoms with Crippen LogP contribution in [-0.2, 0) is 6.18 Å². The minimum atomic E-state index is -4.54. The molecule has 2 aromatic rings. The van der Waals surface area contributed by atoms with E-state index in [4.69, 9.17) is 23.2 Å². The lowest BCUT2D eigenvalue weighted by Gasteiger charge is -2.09. The molecular weight excluding hydrogens is 324 g/mol. The molecule has 102 valence electrons. The van der Waals surface area contributed by atoms with Crippen molar-refractivity contribution in [2.24, 2.45) is 0 Å². The van der Waals surface area contributed by atoms with Gasteiger partial charge < -0.3 is 5.11 Å². The zero-order valence-electron chi connectivity index (χ0n) is 8.95. The number of aliphatic hydroxyl groups is 1. The summed E-state index contributed by atoms with van der Waals surface area (Å²) < 4.78 is 37.2. The van der Waals surface area contributed by atoms with Crippen LogP contribution in [0.2, 0.25) is 10.0 Å². The standard InChI is InChI=1S/C10H5Cl2F3N2OS/c11-4-1-5(12)7(16-2-4)8(18)6-3-17-9(19-6)10(13,14)15/h1-3,8,18H. The van der Waals surface area contributed by atoms with Crippen LogP contribution >= 0.6 is 34.5 Å². The van der Waals surface area contributed by atoms with E-state index in [0.29, 0.717) is 11.3 Å². The Morgan fingerprint density at radius 2 is 1.89 bits per heavy atom. The Morgan fingerprint density at radius 3 is 2.42 bits per heavy atom. The van der Waals surface area contributed by atoms with Crippen molar-refractivity contribution in [2.45, 2.75) is 12.3 Å². The molecule has 1 unspecified atom stereocenters. The third kappa shape index (κ3) is 3.17. The Kier molecular flexibility index (Phi) is 4.00. The Hall–Kier alpha value is -0.890. The second-order valence-electron chi connectivity index (χ2n) is 3.49. The number of thiazole rings is 1. The number of hydrogen-bond donors (Lipinski definition) is 1. The van der Waals surface area contributed by atoms with E-state index in [2.05, 4.69) is 9.97 Å². The van der Waals surface area contributed by atoms with E-state index < -0.39 is 17.3 Å². The van der Waals surface area contributed by atoms with Gasteiger partial charge in [0.25, 0.3) is 0 Å². The molecule has 0 aliphatic heterocycles. The molecule has 9 heteroatoms. The molecule has 2 aromatic heterocycles. The van der Waals surface area contributed by atoms with Gasteiger partial charge in [0, 0.05) is 12.4 Å². The van der Waals surface area contributed by atoms with Crippen molar-refractivity contribution < 1.29 is 18.3 Å². The van der Waals surface area contributed by atoms with Crippen LogP contribution in [0, 0.1) is 0 Å². The van der Waals surface area contributed by atoms with E-state index in [0.717, 1.165) is 6.20 Å². The number of pyridine rings is 1. The van der Waals surface area contributed by atoms with Crippen LogP contribution in [0.4, 0.5) is 13.2 Å². The van der Waals surface area contributed by atoms with Gasteiger partial charge >= 0.3 is 6.18 Å². The lowest BCUT2D eigenvalue weighted by atomic mass is 10.2. The molecule has 0 fully saturated rings. The van der Waals surface area contributed by atoms with Crippen LogP contribution in [0.25, 0.3) is 0 Å². The lowest BCUT2D eigenvalue weighted by molar-refractivity contribution is -0.137. The number of aliphatic hydroxyl groups excluding tert-OH is 1. The maximum atomic E-state index is 12.4. The van der Waals surface area contributed by atoms with Crippen molar-refractivity contribution in [3.63, 3.8) is 0 Å². The first-order valence-electron chi connectivity index (χ1n) is 4.81. The van der Waals surface area contributed by atoms with E-state index in [-0.39, 0.29) is 20.6 Å². The summed E-state index contributed by atoms with van der Waals surface area (Å²) in [6, 6.07) is 1.35. The van der Waals surface area contributed by atoms with Crippen LogP contribution in [-0.4, -0.2) is 15.1 Å². The zero-order valence-corrected chi connectivity index (χ0v) is 11.3. The summed E-state index contributed by atoms with van der Waals surface area (Å²) in [5.74, 6) is 0. The first-order valence-corrected chi connectivity index (χ1v) is 6.38. The molecule has 0 bridgehead atoms. The summed E-state index contributed by atoms with van der Waals surface area (Å²) in [4.78, 5) is 7.03. The average molecular weight is 329 g/mol. The zero-order chi connectivity index (χ0) is 14.2. The van der Waals surface area contributed by atoms with E-state index >= 15 is 0 Å². The molecule has 0 saturated carbocycles. The van der Waals surface area contributed by atoms with Crippen LogP contribution in [0.5, 0.6) is 0 Å². The summed E-state index contributed by atoms with van der Waals surface area (Å²) in [7, 11) is 0. The highest BCUT2D eigenvalue weighted by Crippen LogP contribution is 2.37. The SMILES string of the molecule is OC(c1cnc(C(F)(F)F)s1)c1ncc(Cl)cc1Cl. The van der Waals surface area contributed by atoms with Gasteiger partial charge in [0.05, 0.1) is 20.6 Å². The van der Waals surface area contributed by atoms with Gasteiger partial charge in [0.2, 0.25) is 0 Å². The van der Waals surface area contributed by atoms with Crippen molar-refractivity contribution in [3.05, 3.63) is 44.1 Å². The highest BCUT2D eigenvalue weighted by molar-refractivity contribution is 7.11. The quantitative estimate of drug-likeness (QED) is 0.908. The summed E-state index contributed by atoms with van der Waals surface area (Å²) in [6.07, 6.45) is -3.72. The number of aromatic nitrogens is 2. The molecule has 0 aromatic carbocycles. The molecule has 3 nitrogen and oxygen atoms in total. The molecule has 0 saturated heterocycles. The minimum Gasteiger partial charge on any atom is -0.381 e. The topological polar surface area (TPSA) is 46.0 Å². The predicted octanol–water partition coefficient (Wildman–Crippen LogP) is 3.95. The predicted molar refractivity (Wildman–Crippen MR) is 65.4 cm³/mol. The molecule has 19 heavy (non-hydrogen) atoms. The molecular formula is C10H5Cl2F3N2OS. The molecule has 0 aliphatic carbocycles. The second kappa shape index (κ2) is 5.24. The first kappa shape index (κ1) is 14.5. The summed E-state index contributed by atoms with van der Waals surface area (Å²) >= 11 is 11.8. The van der Waals surface area contributed by atoms with Gasteiger partial charge in [-0.25, -0.2) is 4.98 Å². The molecule has 2 heterocycles. The van der Waals surface area contributed by atoms with Gasteiger partial charge in [-0.05, 0) is 6.07 Å². The highest BCUT2D eigenvalue weighted by Gasteiger charge is 2.35. The van der Waals surface area contributed by atoms with Gasteiger partial charge in [-0.15, -0.1) is 11.3 Å². The van der Waals surface area contributed by atoms with Crippen molar-refractivity contribution in [3.8, 4) is 0 Å². The van der Waals surface area contributed by atoms with Crippen molar-refractivity contribution >= 4 is 34.5 Å². The van der Waals surface area contributed by atoms with Gasteiger partial charge in [-0.3, -0.25) is 4.98 Å². The number of rotatable bonds is 2. The van der Waals surface area contributed by atoms with E-state index in [1.807, 2.05) is 0 Å². The van der Waals surface area contributed by atoms with Crippen LogP contribution in [0.15, 0.2) is 18.5 Å². The Labute approximate surface area is 119 Å². The molecule has 0 amide bonds. The summed E-state index contributed by atoms with van der Waals surface area (Å²) in [5, 5.41) is 9.26. The third-order valence-corrected chi connectivity index (χ3v) is 3.73. The van der Waals surface area contributed by atoms with Gasteiger partial charge in [0.15, 0.2) is 5.01 Å². The van der Waals surface area contributed by atoms with E-state index in [1.165, 1.54) is 12.3 Å². The Balaban J connectivity index is 2.34. The number of nitrogens with zero attached hydrogens (tertiary/aromatic N) is 2. The van der Waals surface area contributed by atoms with E-state index in [1.54, 1.807) is 0 Å². The van der Waals surface area contributed by atoms with Crippen molar-refractivity contribution in [2.75, 3.05) is 0 Å². The fourth-order valence-electron chi connectivity index (χ4n) is 1.31. The number of hydrogen-bond acceptors (Lipinski definition) is 4. The first-order chi connectivity index (χ1) is 8.79. The summed E-state index contributed by atoms with van der Waals surface area (Å²) in [6.45, 7) is 0. The molecule has 0 radical (unpaired) electrons. The molecule has 0 aliphatic rings. The van der Waals surface area contributed by atoms with Gasteiger partial charge in [-0.1, -0.05) is 23.2 Å². The van der Waals surface area contributed by atoms with Crippen LogP contribution in [0.1, 0.15) is 21.7 Å². The van der Waals surface area contributed by atoms with Gasteiger partial charge in [0.1, 0.15) is 6.10 Å². The minimum absolute atomic E-state index is 0.00375. The van der Waals surface area contributed by atoms with Crippen LogP contribution < -0.4 is 0 Å². The monoisotopic (exact) mass is 328 g/mol. The number of alkyl halides is 3. The summed E-state index contributed by atoms with van der Waals surface area (Å²) in [5.41, 5.74) is 0.0310. The Bertz CT molecular complexity index is 603. The highest BCUT2D eigenvalue weighted by atomic mass is 35.5. The smallest absolute Gasteiger partial charge is 0.381 e. The second-order valence-corrected chi connectivity index (χ2v) is 5.39. The molecule has 0 spiro atoms. The maximum Gasteiger partial charge on any atom is 0.443 e. The van der Waals surface area contributed by atoms with Crippen LogP contribution in [0.3, 0.4) is 0 Å². The van der Waals surface area contributed by atoms with E-state index in [9.17, 15) is 18.3 Å². The molecule has 1 N–H and O–H groups in total. The van der Waals surface area contributed by atoms with Crippen molar-refractivity contribution in [1.29, 1.82) is 0 Å². The Morgan fingerprint density at radius 1 is 1.21 bits per heavy atom. The lowest BCUT2D eigenvalue weighted by Crippen LogP contribution is -2.03. The van der Waals surface area contributed by atoms with Gasteiger partial charge in [-0.2, -0.15) is 13.2 Å². The molecule has 2 rings (SSSR count). The largest absolute Gasteiger partial charge is 0.443 e. The average Bonchev–Trinajstić information content (AvgIpc) is 2.76. The number of halogens is 5.